The van der Waals surface area contributed by atoms with Crippen LogP contribution in [-0.4, -0.2) is 38.2 Å². The van der Waals surface area contributed by atoms with Crippen molar-refractivity contribution in [3.8, 4) is 5.75 Å². The van der Waals surface area contributed by atoms with Crippen LogP contribution in [0.2, 0.25) is 0 Å². The number of carbonyl (C=O) groups excluding carboxylic acids is 1. The largest absolute Gasteiger partial charge is 0.435 e. The Morgan fingerprint density at radius 2 is 1.65 bits per heavy atom. The fourth-order valence-electron chi connectivity index (χ4n) is 3.28. The number of nitrogens with zero attached hydrogens (tertiary/aromatic N) is 1. The van der Waals surface area contributed by atoms with Crippen LogP contribution >= 0.6 is 0 Å². The Labute approximate surface area is 133 Å². The second-order valence-corrected chi connectivity index (χ2v) is 8.08. The van der Waals surface area contributed by atoms with E-state index in [-0.39, 0.29) is 21.8 Å². The van der Waals surface area contributed by atoms with E-state index in [1.54, 1.807) is 0 Å². The van der Waals surface area contributed by atoms with Crippen LogP contribution in [0.3, 0.4) is 0 Å². The molecule has 0 atom stereocenters. The SMILES string of the molecule is O=C1CC2(CCN(S(=O)(=O)c3ccc(OC(F)F)cc3)CC2)C1. The van der Waals surface area contributed by atoms with Crippen LogP contribution in [0, 0.1) is 5.41 Å². The number of piperidine rings is 1. The summed E-state index contributed by atoms with van der Waals surface area (Å²) in [6.07, 6.45) is 2.48. The number of rotatable bonds is 4. The molecule has 2 aliphatic rings. The molecule has 0 N–H and O–H groups in total. The summed E-state index contributed by atoms with van der Waals surface area (Å²) in [5, 5.41) is 0. The molecule has 1 aromatic rings. The van der Waals surface area contributed by atoms with Crippen LogP contribution in [-0.2, 0) is 14.8 Å². The van der Waals surface area contributed by atoms with E-state index in [9.17, 15) is 22.0 Å². The third-order valence-corrected chi connectivity index (χ3v) is 6.53. The fraction of sp³-hybridized carbons (Fsp3) is 0.533. The highest BCUT2D eigenvalue weighted by atomic mass is 32.2. The molecular formula is C15H17F2NO4S. The first-order valence-electron chi connectivity index (χ1n) is 7.38. The molecule has 0 amide bonds. The maximum absolute atomic E-state index is 12.6. The van der Waals surface area contributed by atoms with E-state index in [4.69, 9.17) is 0 Å². The van der Waals surface area contributed by atoms with Crippen molar-refractivity contribution in [2.75, 3.05) is 13.1 Å². The second-order valence-electron chi connectivity index (χ2n) is 6.15. The molecule has 1 saturated heterocycles. The summed E-state index contributed by atoms with van der Waals surface area (Å²) in [6.45, 7) is -2.18. The standard InChI is InChI=1S/C15H17F2NO4S/c16-14(17)22-12-1-3-13(4-2-12)23(20,21)18-7-5-15(6-8-18)9-11(19)10-15/h1-4,14H,5-10H2. The van der Waals surface area contributed by atoms with Gasteiger partial charge in [-0.3, -0.25) is 4.79 Å². The van der Waals surface area contributed by atoms with Gasteiger partial charge in [0.2, 0.25) is 10.0 Å². The van der Waals surface area contributed by atoms with E-state index in [0.29, 0.717) is 38.8 Å². The molecule has 0 unspecified atom stereocenters. The van der Waals surface area contributed by atoms with Crippen LogP contribution in [0.25, 0.3) is 0 Å². The van der Waals surface area contributed by atoms with Crippen LogP contribution in [0.1, 0.15) is 25.7 Å². The van der Waals surface area contributed by atoms with E-state index in [2.05, 4.69) is 4.74 Å². The van der Waals surface area contributed by atoms with Crippen LogP contribution in [0.4, 0.5) is 8.78 Å². The number of hydrogen-bond acceptors (Lipinski definition) is 4. The molecule has 1 heterocycles. The van der Waals surface area contributed by atoms with Gasteiger partial charge in [0.25, 0.3) is 0 Å². The maximum atomic E-state index is 12.6. The minimum absolute atomic E-state index is 0.00192. The van der Waals surface area contributed by atoms with Gasteiger partial charge in [0.15, 0.2) is 0 Å². The first-order valence-corrected chi connectivity index (χ1v) is 8.82. The number of hydrogen-bond donors (Lipinski definition) is 0. The average molecular weight is 345 g/mol. The molecule has 1 saturated carbocycles. The fourth-order valence-corrected chi connectivity index (χ4v) is 4.72. The number of ketones is 1. The molecule has 5 nitrogen and oxygen atoms in total. The lowest BCUT2D eigenvalue weighted by Crippen LogP contribution is -2.48. The second kappa shape index (κ2) is 5.83. The van der Waals surface area contributed by atoms with E-state index in [1.807, 2.05) is 0 Å². The maximum Gasteiger partial charge on any atom is 0.387 e. The number of benzene rings is 1. The minimum atomic E-state index is -3.65. The zero-order chi connectivity index (χ0) is 16.7. The third kappa shape index (κ3) is 3.23. The minimum Gasteiger partial charge on any atom is -0.435 e. The lowest BCUT2D eigenvalue weighted by molar-refractivity contribution is -0.134. The number of alkyl halides is 2. The van der Waals surface area contributed by atoms with Gasteiger partial charge in [-0.25, -0.2) is 8.42 Å². The normalized spacial score (nSPS) is 21.4. The van der Waals surface area contributed by atoms with Gasteiger partial charge in [0.1, 0.15) is 11.5 Å². The highest BCUT2D eigenvalue weighted by Gasteiger charge is 2.46. The van der Waals surface area contributed by atoms with Gasteiger partial charge >= 0.3 is 6.61 Å². The zero-order valence-electron chi connectivity index (χ0n) is 12.4. The van der Waals surface area contributed by atoms with Crippen molar-refractivity contribution >= 4 is 15.8 Å². The van der Waals surface area contributed by atoms with Crippen molar-refractivity contribution < 1.29 is 26.7 Å². The van der Waals surface area contributed by atoms with Crippen molar-refractivity contribution in [2.24, 2.45) is 5.41 Å². The Morgan fingerprint density at radius 1 is 1.09 bits per heavy atom. The molecule has 2 fully saturated rings. The van der Waals surface area contributed by atoms with Gasteiger partial charge in [0.05, 0.1) is 4.90 Å². The summed E-state index contributed by atoms with van der Waals surface area (Å²) in [5.74, 6) is 0.167. The molecule has 23 heavy (non-hydrogen) atoms. The van der Waals surface area contributed by atoms with Gasteiger partial charge in [-0.1, -0.05) is 0 Å². The van der Waals surface area contributed by atoms with Crippen LogP contribution < -0.4 is 4.74 Å². The summed E-state index contributed by atoms with van der Waals surface area (Å²) in [4.78, 5) is 11.2. The number of Topliss-reactive ketones (excluding diaryl/α,β-unsaturated/α-hetero) is 1. The topological polar surface area (TPSA) is 63.7 Å². The molecule has 8 heteroatoms. The highest BCUT2D eigenvalue weighted by Crippen LogP contribution is 2.47. The number of ether oxygens (including phenoxy) is 1. The van der Waals surface area contributed by atoms with E-state index >= 15 is 0 Å². The molecule has 1 aliphatic carbocycles. The molecule has 0 bridgehead atoms. The summed E-state index contributed by atoms with van der Waals surface area (Å²) >= 11 is 0. The molecule has 126 valence electrons. The Kier molecular flexibility index (Phi) is 4.14. The molecule has 3 rings (SSSR count). The van der Waals surface area contributed by atoms with Gasteiger partial charge in [-0.05, 0) is 42.5 Å². The average Bonchev–Trinajstić information content (AvgIpc) is 2.46. The van der Waals surface area contributed by atoms with Crippen LogP contribution in [0.5, 0.6) is 5.75 Å². The number of sulfonamides is 1. The quantitative estimate of drug-likeness (QED) is 0.841. The first kappa shape index (κ1) is 16.3. The Morgan fingerprint density at radius 3 is 2.13 bits per heavy atom. The predicted molar refractivity (Wildman–Crippen MR) is 77.7 cm³/mol. The Hall–Kier alpha value is -1.54. The van der Waals surface area contributed by atoms with Crippen LogP contribution in [0.15, 0.2) is 29.2 Å². The summed E-state index contributed by atoms with van der Waals surface area (Å²) in [7, 11) is -3.65. The summed E-state index contributed by atoms with van der Waals surface area (Å²) in [6, 6.07) is 4.97. The first-order chi connectivity index (χ1) is 10.8. The third-order valence-electron chi connectivity index (χ3n) is 4.61. The van der Waals surface area contributed by atoms with E-state index in [1.165, 1.54) is 28.6 Å². The van der Waals surface area contributed by atoms with Crippen molar-refractivity contribution in [3.05, 3.63) is 24.3 Å². The van der Waals surface area contributed by atoms with Gasteiger partial charge in [0, 0.05) is 25.9 Å². The molecule has 1 aliphatic heterocycles. The van der Waals surface area contributed by atoms with Gasteiger partial charge in [-0.2, -0.15) is 13.1 Å². The van der Waals surface area contributed by atoms with Gasteiger partial charge < -0.3 is 4.74 Å². The molecule has 0 radical (unpaired) electrons. The lowest BCUT2D eigenvalue weighted by atomic mass is 9.63. The molecule has 1 spiro atoms. The number of halogens is 2. The van der Waals surface area contributed by atoms with E-state index < -0.39 is 16.6 Å². The lowest BCUT2D eigenvalue weighted by Gasteiger charge is -2.46. The summed E-state index contributed by atoms with van der Waals surface area (Å²) in [5.41, 5.74) is -0.00192. The molecule has 0 aromatic heterocycles. The Bertz CT molecular complexity index is 685. The highest BCUT2D eigenvalue weighted by molar-refractivity contribution is 7.89. The Balaban J connectivity index is 1.68. The van der Waals surface area contributed by atoms with Crippen molar-refractivity contribution in [2.45, 2.75) is 37.2 Å². The monoisotopic (exact) mass is 345 g/mol. The van der Waals surface area contributed by atoms with Crippen molar-refractivity contribution in [1.82, 2.24) is 4.31 Å². The molecule has 1 aromatic carbocycles. The number of carbonyl (C=O) groups is 1. The summed E-state index contributed by atoms with van der Waals surface area (Å²) < 4.78 is 55.0. The van der Waals surface area contributed by atoms with E-state index in [0.717, 1.165) is 0 Å². The van der Waals surface area contributed by atoms with Crippen molar-refractivity contribution in [3.63, 3.8) is 0 Å². The zero-order valence-corrected chi connectivity index (χ0v) is 13.2. The molecular weight excluding hydrogens is 328 g/mol. The van der Waals surface area contributed by atoms with Gasteiger partial charge in [-0.15, -0.1) is 0 Å². The predicted octanol–water partition coefficient (Wildman–Crippen LogP) is 2.42. The smallest absolute Gasteiger partial charge is 0.387 e. The van der Waals surface area contributed by atoms with Crippen molar-refractivity contribution in [1.29, 1.82) is 0 Å².